The number of fused-ring (bicyclic) bond motifs is 1. The fourth-order valence-electron chi connectivity index (χ4n) is 4.07. The highest BCUT2D eigenvalue weighted by molar-refractivity contribution is 6.38. The quantitative estimate of drug-likeness (QED) is 0.147. The van der Waals surface area contributed by atoms with Gasteiger partial charge in [0.15, 0.2) is 0 Å². The molecule has 0 spiro atoms. The molecule has 18 heteroatoms. The van der Waals surface area contributed by atoms with Crippen LogP contribution in [0.4, 0.5) is 24.7 Å². The molecule has 0 saturated heterocycles. The van der Waals surface area contributed by atoms with Crippen LogP contribution >= 0.6 is 46.4 Å². The summed E-state index contributed by atoms with van der Waals surface area (Å²) in [6, 6.07) is 4.38. The van der Waals surface area contributed by atoms with Gasteiger partial charge in [0.25, 0.3) is 0 Å². The molecule has 0 saturated carbocycles. The van der Waals surface area contributed by atoms with E-state index in [0.717, 1.165) is 36.0 Å². The molecular formula is C25H18Cl4F3N7O4. The van der Waals surface area contributed by atoms with E-state index in [9.17, 15) is 28.1 Å². The van der Waals surface area contributed by atoms with Crippen LogP contribution < -0.4 is 16.2 Å². The van der Waals surface area contributed by atoms with Gasteiger partial charge in [-0.25, -0.2) is 9.48 Å². The Labute approximate surface area is 260 Å². The first kappa shape index (κ1) is 32.0. The highest BCUT2D eigenvalue weighted by Gasteiger charge is 2.33. The minimum absolute atomic E-state index is 0.0788. The Morgan fingerprint density at radius 2 is 1.74 bits per heavy atom. The maximum absolute atomic E-state index is 12.6. The summed E-state index contributed by atoms with van der Waals surface area (Å²) in [6.45, 7) is 0.759. The number of nitrogens with zero attached hydrogens (tertiary/aromatic N) is 6. The molecular weight excluding hydrogens is 661 g/mol. The fourth-order valence-corrected chi connectivity index (χ4v) is 5.23. The summed E-state index contributed by atoms with van der Waals surface area (Å²) < 4.78 is 47.0. The molecule has 2 N–H and O–H groups in total. The Bertz CT molecular complexity index is 1790. The average Bonchev–Trinajstić information content (AvgIpc) is 3.47. The summed E-state index contributed by atoms with van der Waals surface area (Å²) in [5.41, 5.74) is 4.01. The van der Waals surface area contributed by atoms with Gasteiger partial charge in [-0.3, -0.25) is 14.7 Å². The Kier molecular flexibility index (Phi) is 9.50. The number of halogens is 7. The molecule has 226 valence electrons. The zero-order valence-electron chi connectivity index (χ0n) is 21.5. The number of nitrogens with two attached hydrogens (primary N) is 1. The van der Waals surface area contributed by atoms with E-state index in [1.165, 1.54) is 10.7 Å². The van der Waals surface area contributed by atoms with Crippen molar-refractivity contribution in [2.24, 2.45) is 0 Å². The third-order valence-electron chi connectivity index (χ3n) is 6.05. The van der Waals surface area contributed by atoms with E-state index >= 15 is 0 Å². The van der Waals surface area contributed by atoms with Gasteiger partial charge in [-0.15, -0.1) is 11.5 Å². The molecule has 0 fully saturated rings. The maximum atomic E-state index is 12.6. The van der Waals surface area contributed by atoms with Crippen LogP contribution in [0.1, 0.15) is 24.2 Å². The number of anilines is 1. The molecule has 1 aliphatic heterocycles. The Balaban J connectivity index is 0.000000197. The monoisotopic (exact) mass is 677 g/mol. The first-order valence-electron chi connectivity index (χ1n) is 12.0. The second kappa shape index (κ2) is 12.8. The van der Waals surface area contributed by atoms with E-state index in [-0.39, 0.29) is 28.0 Å². The summed E-state index contributed by atoms with van der Waals surface area (Å²) in [5, 5.41) is 18.6. The van der Waals surface area contributed by atoms with E-state index < -0.39 is 28.2 Å². The lowest BCUT2D eigenvalue weighted by molar-refractivity contribution is -0.383. The molecule has 0 bridgehead atoms. The van der Waals surface area contributed by atoms with Crippen LogP contribution in [-0.4, -0.2) is 35.7 Å². The molecule has 0 amide bonds. The van der Waals surface area contributed by atoms with Gasteiger partial charge in [0.2, 0.25) is 5.82 Å². The van der Waals surface area contributed by atoms with Crippen molar-refractivity contribution in [1.82, 2.24) is 24.1 Å². The topological polar surface area (TPSA) is 136 Å². The lowest BCUT2D eigenvalue weighted by Gasteiger charge is -2.12. The molecule has 43 heavy (non-hydrogen) atoms. The average molecular weight is 679 g/mol. The summed E-state index contributed by atoms with van der Waals surface area (Å²) in [4.78, 5) is 22.4. The van der Waals surface area contributed by atoms with Crippen LogP contribution in [0, 0.1) is 22.5 Å². The van der Waals surface area contributed by atoms with Crippen molar-refractivity contribution in [3.63, 3.8) is 0 Å². The zero-order valence-corrected chi connectivity index (χ0v) is 24.6. The van der Waals surface area contributed by atoms with Gasteiger partial charge >= 0.3 is 17.6 Å². The SMILES string of the molecule is C#CCOc1cc(-n2nc3n(c2=O)CCCC3)c(Cl)cc1Cl.Nc1c([N+](=O)[O-])cnn1-c1c(Cl)cc(C(F)(F)F)cc1Cl. The van der Waals surface area contributed by atoms with E-state index in [1.54, 1.807) is 10.6 Å². The predicted octanol–water partition coefficient (Wildman–Crippen LogP) is 6.38. The maximum Gasteiger partial charge on any atom is 0.416 e. The van der Waals surface area contributed by atoms with Crippen molar-refractivity contribution in [3.05, 3.63) is 82.5 Å². The number of hydrogen-bond donors (Lipinski definition) is 1. The van der Waals surface area contributed by atoms with Crippen molar-refractivity contribution >= 4 is 57.9 Å². The van der Waals surface area contributed by atoms with Crippen LogP contribution in [0.15, 0.2) is 35.3 Å². The van der Waals surface area contributed by atoms with Crippen molar-refractivity contribution < 1.29 is 22.8 Å². The highest BCUT2D eigenvalue weighted by atomic mass is 35.5. The third-order valence-corrected chi connectivity index (χ3v) is 7.22. The Morgan fingerprint density at radius 1 is 1.07 bits per heavy atom. The molecule has 0 unspecified atom stereocenters. The van der Waals surface area contributed by atoms with E-state index in [1.807, 2.05) is 0 Å². The second-order valence-electron chi connectivity index (χ2n) is 8.82. The first-order valence-corrected chi connectivity index (χ1v) is 13.5. The summed E-state index contributed by atoms with van der Waals surface area (Å²) in [5.74, 6) is 3.11. The number of terminal acetylenes is 1. The minimum Gasteiger partial charge on any atom is -0.479 e. The minimum atomic E-state index is -4.63. The molecule has 3 heterocycles. The number of nitrogen functional groups attached to an aromatic ring is 1. The van der Waals surface area contributed by atoms with Gasteiger partial charge in [-0.1, -0.05) is 52.3 Å². The van der Waals surface area contributed by atoms with Crippen molar-refractivity contribution in [1.29, 1.82) is 0 Å². The van der Waals surface area contributed by atoms with E-state index in [0.29, 0.717) is 40.2 Å². The summed E-state index contributed by atoms with van der Waals surface area (Å²) in [7, 11) is 0. The summed E-state index contributed by atoms with van der Waals surface area (Å²) in [6.07, 6.45) is 4.19. The molecule has 1 aliphatic rings. The smallest absolute Gasteiger partial charge is 0.416 e. The number of benzene rings is 2. The van der Waals surface area contributed by atoms with E-state index in [2.05, 4.69) is 16.1 Å². The van der Waals surface area contributed by atoms with Gasteiger partial charge in [0.05, 0.1) is 36.3 Å². The molecule has 2 aromatic carbocycles. The van der Waals surface area contributed by atoms with Crippen LogP contribution in [0.3, 0.4) is 0 Å². The number of nitro groups is 1. The van der Waals surface area contributed by atoms with Crippen LogP contribution in [0.5, 0.6) is 5.75 Å². The molecule has 0 atom stereocenters. The normalized spacial score (nSPS) is 12.6. The van der Waals surface area contributed by atoms with Crippen molar-refractivity contribution in [3.8, 4) is 29.5 Å². The number of rotatable bonds is 5. The summed E-state index contributed by atoms with van der Waals surface area (Å²) >= 11 is 23.8. The van der Waals surface area contributed by atoms with Gasteiger partial charge in [0, 0.05) is 19.0 Å². The van der Waals surface area contributed by atoms with Crippen LogP contribution in [-0.2, 0) is 19.1 Å². The number of aryl methyl sites for hydroxylation is 1. The molecule has 0 radical (unpaired) electrons. The molecule has 11 nitrogen and oxygen atoms in total. The number of ether oxygens (including phenoxy) is 1. The predicted molar refractivity (Wildman–Crippen MR) is 155 cm³/mol. The molecule has 4 aromatic rings. The first-order chi connectivity index (χ1) is 20.2. The Morgan fingerprint density at radius 3 is 2.30 bits per heavy atom. The highest BCUT2D eigenvalue weighted by Crippen LogP contribution is 2.39. The number of aromatic nitrogens is 5. The van der Waals surface area contributed by atoms with Crippen LogP contribution in [0.2, 0.25) is 20.1 Å². The number of hydrogen-bond acceptors (Lipinski definition) is 7. The number of alkyl halides is 3. The molecule has 0 aliphatic carbocycles. The van der Waals surface area contributed by atoms with Crippen molar-refractivity contribution in [2.75, 3.05) is 12.3 Å². The van der Waals surface area contributed by atoms with E-state index in [4.69, 9.17) is 63.3 Å². The molecule has 2 aromatic heterocycles. The van der Waals surface area contributed by atoms with Crippen LogP contribution in [0.25, 0.3) is 11.4 Å². The lowest BCUT2D eigenvalue weighted by atomic mass is 10.2. The van der Waals surface area contributed by atoms with Gasteiger partial charge in [-0.2, -0.15) is 23.0 Å². The lowest BCUT2D eigenvalue weighted by Crippen LogP contribution is -2.26. The zero-order chi connectivity index (χ0) is 31.6. The largest absolute Gasteiger partial charge is 0.479 e. The van der Waals surface area contributed by atoms with Gasteiger partial charge in [-0.05, 0) is 31.0 Å². The fraction of sp³-hybridized carbons (Fsp3) is 0.240. The van der Waals surface area contributed by atoms with Gasteiger partial charge in [0.1, 0.15) is 30.1 Å². The Hall–Kier alpha value is -3.90. The second-order valence-corrected chi connectivity index (χ2v) is 10.4. The third kappa shape index (κ3) is 6.70. The van der Waals surface area contributed by atoms with Crippen molar-refractivity contribution in [2.45, 2.75) is 32.0 Å². The standard InChI is InChI=1S/C15H13Cl2N3O2.C10H5Cl2F3N4O2/c1-2-7-22-13-9-12(10(16)8-11(13)17)20-15(21)19-6-4-3-5-14(19)18-20;11-5-1-4(10(13,14)15)2-6(12)8(5)18-9(16)7(3-17-18)19(20)21/h1,8-9H,3-7H2;1-3H,16H2. The van der Waals surface area contributed by atoms with Gasteiger partial charge < -0.3 is 10.5 Å². The molecule has 5 rings (SSSR count).